The highest BCUT2D eigenvalue weighted by Crippen LogP contribution is 2.25. The average Bonchev–Trinajstić information content (AvgIpc) is 2.53. The Hall–Kier alpha value is -2.61. The normalized spacial score (nSPS) is 10.9. The van der Waals surface area contributed by atoms with Crippen molar-refractivity contribution in [2.45, 2.75) is 4.90 Å². The van der Waals surface area contributed by atoms with E-state index in [1.165, 1.54) is 19.2 Å². The zero-order valence-corrected chi connectivity index (χ0v) is 13.0. The topological polar surface area (TPSA) is 81.7 Å². The molecule has 0 radical (unpaired) electrons. The maximum Gasteiger partial charge on any atom is 0.271 e. The van der Waals surface area contributed by atoms with E-state index in [-0.39, 0.29) is 5.75 Å². The minimum atomic E-state index is -4.30. The first-order valence-electron chi connectivity index (χ1n) is 6.50. The summed E-state index contributed by atoms with van der Waals surface area (Å²) in [6.07, 6.45) is 0. The van der Waals surface area contributed by atoms with Gasteiger partial charge in [-0.1, -0.05) is 24.3 Å². The molecule has 1 amide bonds. The summed E-state index contributed by atoms with van der Waals surface area (Å²) < 4.78 is 49.4. The molecule has 0 saturated carbocycles. The molecule has 0 aliphatic carbocycles. The van der Waals surface area contributed by atoms with Gasteiger partial charge < -0.3 is 9.47 Å². The molecular formula is C15H14FNO5S. The molecule has 0 atom stereocenters. The van der Waals surface area contributed by atoms with Gasteiger partial charge in [-0.25, -0.2) is 17.5 Å². The molecule has 0 aromatic heterocycles. The molecule has 122 valence electrons. The lowest BCUT2D eigenvalue weighted by Crippen LogP contribution is -2.34. The fraction of sp³-hybridized carbons (Fsp3) is 0.133. The highest BCUT2D eigenvalue weighted by atomic mass is 32.2. The molecule has 0 heterocycles. The van der Waals surface area contributed by atoms with Crippen molar-refractivity contribution >= 4 is 15.9 Å². The number of hydrogen-bond donors (Lipinski definition) is 1. The largest absolute Gasteiger partial charge is 0.493 e. The molecular weight excluding hydrogens is 325 g/mol. The number of amides is 1. The van der Waals surface area contributed by atoms with E-state index in [9.17, 15) is 17.6 Å². The van der Waals surface area contributed by atoms with Crippen molar-refractivity contribution in [3.05, 3.63) is 54.3 Å². The number of hydrogen-bond acceptors (Lipinski definition) is 5. The fourth-order valence-electron chi connectivity index (χ4n) is 1.78. The number of sulfonamides is 1. The van der Waals surface area contributed by atoms with Crippen LogP contribution in [0.4, 0.5) is 4.39 Å². The molecule has 0 bridgehead atoms. The van der Waals surface area contributed by atoms with Crippen LogP contribution in [0.3, 0.4) is 0 Å². The molecule has 0 spiro atoms. The molecule has 23 heavy (non-hydrogen) atoms. The van der Waals surface area contributed by atoms with E-state index in [0.29, 0.717) is 5.75 Å². The van der Waals surface area contributed by atoms with Crippen LogP contribution in [0.2, 0.25) is 0 Å². The second-order valence-electron chi connectivity index (χ2n) is 4.40. The molecule has 0 aliphatic heterocycles. The summed E-state index contributed by atoms with van der Waals surface area (Å²) >= 11 is 0. The summed E-state index contributed by atoms with van der Waals surface area (Å²) in [4.78, 5) is 11.1. The summed E-state index contributed by atoms with van der Waals surface area (Å²) in [5.41, 5.74) is 0. The predicted octanol–water partition coefficient (Wildman–Crippen LogP) is 1.72. The Morgan fingerprint density at radius 3 is 2.35 bits per heavy atom. The quantitative estimate of drug-likeness (QED) is 0.866. The van der Waals surface area contributed by atoms with Crippen LogP contribution in [0.5, 0.6) is 11.5 Å². The van der Waals surface area contributed by atoms with Crippen molar-refractivity contribution in [2.75, 3.05) is 13.7 Å². The van der Waals surface area contributed by atoms with Crippen LogP contribution >= 0.6 is 0 Å². The molecule has 6 nitrogen and oxygen atoms in total. The van der Waals surface area contributed by atoms with Gasteiger partial charge in [0.05, 0.1) is 7.11 Å². The van der Waals surface area contributed by atoms with Crippen molar-refractivity contribution in [2.24, 2.45) is 0 Å². The summed E-state index contributed by atoms with van der Waals surface area (Å²) in [6, 6.07) is 11.3. The standard InChI is InChI=1S/C15H14FNO5S/c1-21-12-7-3-4-8-13(12)22-10-15(18)17-23(19,20)14-9-5-2-6-11(14)16/h2-9H,10H2,1H3,(H,17,18). The molecule has 8 heteroatoms. The summed E-state index contributed by atoms with van der Waals surface area (Å²) in [6.45, 7) is -0.561. The van der Waals surface area contributed by atoms with Gasteiger partial charge in [-0.2, -0.15) is 0 Å². The van der Waals surface area contributed by atoms with E-state index in [4.69, 9.17) is 9.47 Å². The third-order valence-electron chi connectivity index (χ3n) is 2.80. The first-order valence-corrected chi connectivity index (χ1v) is 7.98. The molecule has 0 fully saturated rings. The van der Waals surface area contributed by atoms with Crippen LogP contribution in [0.15, 0.2) is 53.4 Å². The van der Waals surface area contributed by atoms with Gasteiger partial charge >= 0.3 is 0 Å². The van der Waals surface area contributed by atoms with E-state index in [2.05, 4.69) is 0 Å². The number of carbonyl (C=O) groups is 1. The van der Waals surface area contributed by atoms with Crippen molar-refractivity contribution in [1.29, 1.82) is 0 Å². The van der Waals surface area contributed by atoms with Gasteiger partial charge in [0.15, 0.2) is 18.1 Å². The highest BCUT2D eigenvalue weighted by molar-refractivity contribution is 7.90. The molecule has 1 N–H and O–H groups in total. The Balaban J connectivity index is 2.04. The Kier molecular flexibility index (Phi) is 5.17. The van der Waals surface area contributed by atoms with Gasteiger partial charge in [-0.05, 0) is 24.3 Å². The molecule has 0 saturated heterocycles. The summed E-state index contributed by atoms with van der Waals surface area (Å²) in [5, 5.41) is 0. The Morgan fingerprint density at radius 1 is 1.09 bits per heavy atom. The fourth-order valence-corrected chi connectivity index (χ4v) is 2.83. The lowest BCUT2D eigenvalue weighted by Gasteiger charge is -2.11. The lowest BCUT2D eigenvalue weighted by molar-refractivity contribution is -0.121. The first kappa shape index (κ1) is 16.8. The highest BCUT2D eigenvalue weighted by Gasteiger charge is 2.21. The number of rotatable bonds is 6. The van der Waals surface area contributed by atoms with Gasteiger partial charge in [-0.15, -0.1) is 0 Å². The zero-order chi connectivity index (χ0) is 16.9. The van der Waals surface area contributed by atoms with Crippen molar-refractivity contribution in [3.8, 4) is 11.5 Å². The Bertz CT molecular complexity index is 807. The third-order valence-corrected chi connectivity index (χ3v) is 4.21. The van der Waals surface area contributed by atoms with Crippen molar-refractivity contribution in [1.82, 2.24) is 4.72 Å². The van der Waals surface area contributed by atoms with Crippen LogP contribution in [0.1, 0.15) is 0 Å². The van der Waals surface area contributed by atoms with E-state index in [1.54, 1.807) is 29.0 Å². The van der Waals surface area contributed by atoms with Gasteiger partial charge in [0.2, 0.25) is 0 Å². The van der Waals surface area contributed by atoms with Gasteiger partial charge in [-0.3, -0.25) is 4.79 Å². The van der Waals surface area contributed by atoms with Crippen molar-refractivity contribution in [3.63, 3.8) is 0 Å². The Labute approximate surface area is 132 Å². The number of methoxy groups -OCH3 is 1. The predicted molar refractivity (Wildman–Crippen MR) is 80.2 cm³/mol. The number of nitrogens with one attached hydrogen (secondary N) is 1. The second kappa shape index (κ2) is 7.10. The molecule has 2 aromatic rings. The van der Waals surface area contributed by atoms with Gasteiger partial charge in [0.25, 0.3) is 15.9 Å². The third kappa shape index (κ3) is 4.19. The first-order chi connectivity index (χ1) is 10.9. The maximum absolute atomic E-state index is 13.5. The van der Waals surface area contributed by atoms with Gasteiger partial charge in [0, 0.05) is 0 Å². The lowest BCUT2D eigenvalue weighted by atomic mass is 10.3. The number of ether oxygens (including phenoxy) is 2. The zero-order valence-electron chi connectivity index (χ0n) is 12.2. The Morgan fingerprint density at radius 2 is 1.70 bits per heavy atom. The minimum absolute atomic E-state index is 0.286. The maximum atomic E-state index is 13.5. The van der Waals surface area contributed by atoms with E-state index >= 15 is 0 Å². The average molecular weight is 339 g/mol. The van der Waals surface area contributed by atoms with E-state index in [0.717, 1.165) is 12.1 Å². The summed E-state index contributed by atoms with van der Waals surface area (Å²) in [5.74, 6) is -1.19. The molecule has 2 aromatic carbocycles. The summed E-state index contributed by atoms with van der Waals surface area (Å²) in [7, 11) is -2.86. The second-order valence-corrected chi connectivity index (χ2v) is 6.05. The van der Waals surface area contributed by atoms with E-state index < -0.39 is 33.3 Å². The number of para-hydroxylation sites is 2. The van der Waals surface area contributed by atoms with Crippen LogP contribution in [-0.2, 0) is 14.8 Å². The molecule has 0 unspecified atom stereocenters. The number of halogens is 1. The number of benzene rings is 2. The SMILES string of the molecule is COc1ccccc1OCC(=O)NS(=O)(=O)c1ccccc1F. The van der Waals surface area contributed by atoms with Crippen molar-refractivity contribution < 1.29 is 27.1 Å². The number of carbonyl (C=O) groups excluding carboxylic acids is 1. The molecule has 0 aliphatic rings. The van der Waals surface area contributed by atoms with Crippen LogP contribution < -0.4 is 14.2 Å². The van der Waals surface area contributed by atoms with Crippen LogP contribution in [0, 0.1) is 5.82 Å². The van der Waals surface area contributed by atoms with Gasteiger partial charge in [0.1, 0.15) is 10.7 Å². The van der Waals surface area contributed by atoms with Crippen LogP contribution in [0.25, 0.3) is 0 Å². The van der Waals surface area contributed by atoms with E-state index in [1.807, 2.05) is 0 Å². The monoisotopic (exact) mass is 339 g/mol. The smallest absolute Gasteiger partial charge is 0.271 e. The van der Waals surface area contributed by atoms with Crippen LogP contribution in [-0.4, -0.2) is 28.0 Å². The minimum Gasteiger partial charge on any atom is -0.493 e. The molecule has 2 rings (SSSR count).